The molecule has 5 rings (SSSR count). The van der Waals surface area contributed by atoms with Gasteiger partial charge in [0.25, 0.3) is 0 Å². The molecular formula is C17H15N7. The van der Waals surface area contributed by atoms with E-state index in [9.17, 15) is 0 Å². The third-order valence-electron chi connectivity index (χ3n) is 4.34. The van der Waals surface area contributed by atoms with Crippen LogP contribution in [0.15, 0.2) is 53.7 Å². The highest BCUT2D eigenvalue weighted by molar-refractivity contribution is 5.94. The van der Waals surface area contributed by atoms with Crippen molar-refractivity contribution in [2.24, 2.45) is 10.7 Å². The number of nitrogens with two attached hydrogens (primary N) is 1. The standard InChI is InChI=1S/C17H15N7/c1-10-14(23-9-5-4-8-13(23)19-10)15-21-16(18)22-17-20-11-6-2-3-7-12(11)24(15)17/h2-9,15H,1H3,(H3,18,20,21,22). The molecule has 0 aliphatic carbocycles. The lowest BCUT2D eigenvalue weighted by molar-refractivity contribution is 0.599. The summed E-state index contributed by atoms with van der Waals surface area (Å²) in [5.41, 5.74) is 10.7. The van der Waals surface area contributed by atoms with Crippen molar-refractivity contribution in [3.05, 3.63) is 60.0 Å². The van der Waals surface area contributed by atoms with Crippen LogP contribution in [0.25, 0.3) is 16.7 Å². The van der Waals surface area contributed by atoms with Crippen LogP contribution in [0, 0.1) is 6.92 Å². The van der Waals surface area contributed by atoms with Crippen LogP contribution in [0.5, 0.6) is 0 Å². The molecule has 7 heteroatoms. The molecule has 0 spiro atoms. The molecule has 1 unspecified atom stereocenters. The molecule has 0 bridgehead atoms. The number of aliphatic imine (C=N–C) groups is 1. The van der Waals surface area contributed by atoms with Crippen molar-refractivity contribution in [3.8, 4) is 0 Å². The Labute approximate surface area is 137 Å². The van der Waals surface area contributed by atoms with E-state index in [1.165, 1.54) is 0 Å². The molecule has 118 valence electrons. The number of benzene rings is 1. The summed E-state index contributed by atoms with van der Waals surface area (Å²) >= 11 is 0. The number of pyridine rings is 1. The van der Waals surface area contributed by atoms with Crippen LogP contribution in [-0.2, 0) is 0 Å². The zero-order valence-corrected chi connectivity index (χ0v) is 13.0. The van der Waals surface area contributed by atoms with Crippen molar-refractivity contribution in [1.29, 1.82) is 0 Å². The quantitative estimate of drug-likeness (QED) is 0.564. The van der Waals surface area contributed by atoms with Crippen molar-refractivity contribution in [2.45, 2.75) is 13.1 Å². The number of aromatic nitrogens is 4. The summed E-state index contributed by atoms with van der Waals surface area (Å²) in [5.74, 6) is 1.05. The van der Waals surface area contributed by atoms with Crippen molar-refractivity contribution in [3.63, 3.8) is 0 Å². The van der Waals surface area contributed by atoms with E-state index in [0.717, 1.165) is 28.1 Å². The maximum Gasteiger partial charge on any atom is 0.212 e. The Morgan fingerprint density at radius 1 is 1.08 bits per heavy atom. The van der Waals surface area contributed by atoms with Gasteiger partial charge in [0.2, 0.25) is 5.95 Å². The third-order valence-corrected chi connectivity index (χ3v) is 4.34. The Hall–Kier alpha value is -3.35. The van der Waals surface area contributed by atoms with E-state index in [2.05, 4.69) is 29.2 Å². The van der Waals surface area contributed by atoms with E-state index in [0.29, 0.717) is 11.9 Å². The number of hydrogen-bond acceptors (Lipinski definition) is 5. The number of anilines is 1. The lowest BCUT2D eigenvalue weighted by Gasteiger charge is -2.23. The van der Waals surface area contributed by atoms with Gasteiger partial charge in [0.1, 0.15) is 5.65 Å². The van der Waals surface area contributed by atoms with Gasteiger partial charge in [-0.1, -0.05) is 18.2 Å². The molecule has 3 N–H and O–H groups in total. The Morgan fingerprint density at radius 3 is 2.83 bits per heavy atom. The molecule has 1 aliphatic heterocycles. The zero-order chi connectivity index (χ0) is 16.3. The summed E-state index contributed by atoms with van der Waals surface area (Å²) in [4.78, 5) is 13.9. The molecule has 1 aliphatic rings. The SMILES string of the molecule is Cc1nc2ccccn2c1C1N=C(N)Nc2nc3ccccc3n21. The van der Waals surface area contributed by atoms with Gasteiger partial charge in [-0.3, -0.25) is 14.3 Å². The van der Waals surface area contributed by atoms with Gasteiger partial charge in [-0.25, -0.2) is 15.0 Å². The van der Waals surface area contributed by atoms with E-state index < -0.39 is 0 Å². The number of guanidine groups is 1. The van der Waals surface area contributed by atoms with Crippen molar-refractivity contribution in [1.82, 2.24) is 18.9 Å². The summed E-state index contributed by atoms with van der Waals surface area (Å²) < 4.78 is 4.12. The van der Waals surface area contributed by atoms with Crippen molar-refractivity contribution >= 4 is 28.6 Å². The minimum Gasteiger partial charge on any atom is -0.370 e. The van der Waals surface area contributed by atoms with Gasteiger partial charge in [0, 0.05) is 6.20 Å². The highest BCUT2D eigenvalue weighted by Gasteiger charge is 2.28. The molecular weight excluding hydrogens is 302 g/mol. The summed E-state index contributed by atoms with van der Waals surface area (Å²) in [5, 5.41) is 3.06. The smallest absolute Gasteiger partial charge is 0.212 e. The highest BCUT2D eigenvalue weighted by atomic mass is 15.4. The van der Waals surface area contributed by atoms with Crippen LogP contribution < -0.4 is 11.1 Å². The summed E-state index contributed by atoms with van der Waals surface area (Å²) in [6.07, 6.45) is 1.68. The fourth-order valence-corrected chi connectivity index (χ4v) is 3.34. The van der Waals surface area contributed by atoms with Crippen molar-refractivity contribution in [2.75, 3.05) is 5.32 Å². The summed E-state index contributed by atoms with van der Waals surface area (Å²) in [6.45, 7) is 1.99. The first-order chi connectivity index (χ1) is 11.7. The van der Waals surface area contributed by atoms with Gasteiger partial charge in [-0.15, -0.1) is 0 Å². The van der Waals surface area contributed by atoms with Gasteiger partial charge in [0.15, 0.2) is 12.1 Å². The first kappa shape index (κ1) is 13.1. The number of nitrogens with one attached hydrogen (secondary N) is 1. The van der Waals surface area contributed by atoms with Gasteiger partial charge < -0.3 is 5.73 Å². The van der Waals surface area contributed by atoms with Gasteiger partial charge in [-0.05, 0) is 31.2 Å². The maximum atomic E-state index is 6.02. The molecule has 4 heterocycles. The average Bonchev–Trinajstić information content (AvgIpc) is 3.10. The Morgan fingerprint density at radius 2 is 1.92 bits per heavy atom. The molecule has 0 radical (unpaired) electrons. The molecule has 0 saturated heterocycles. The molecule has 3 aromatic heterocycles. The fourth-order valence-electron chi connectivity index (χ4n) is 3.34. The lowest BCUT2D eigenvalue weighted by Crippen LogP contribution is -2.32. The number of nitrogens with zero attached hydrogens (tertiary/aromatic N) is 5. The van der Waals surface area contributed by atoms with Crippen LogP contribution in [0.3, 0.4) is 0 Å². The summed E-state index contributed by atoms with van der Waals surface area (Å²) in [7, 11) is 0. The zero-order valence-electron chi connectivity index (χ0n) is 13.0. The van der Waals surface area contributed by atoms with Crippen LogP contribution in [-0.4, -0.2) is 24.9 Å². The normalized spacial score (nSPS) is 16.9. The average molecular weight is 317 g/mol. The first-order valence-electron chi connectivity index (χ1n) is 7.73. The number of para-hydroxylation sites is 2. The van der Waals surface area contributed by atoms with E-state index in [-0.39, 0.29) is 6.17 Å². The Kier molecular flexibility index (Phi) is 2.50. The largest absolute Gasteiger partial charge is 0.370 e. The predicted octanol–water partition coefficient (Wildman–Crippen LogP) is 2.28. The Bertz CT molecular complexity index is 1120. The first-order valence-corrected chi connectivity index (χ1v) is 7.73. The minimum absolute atomic E-state index is 0.314. The summed E-state index contributed by atoms with van der Waals surface area (Å²) in [6, 6.07) is 13.9. The van der Waals surface area contributed by atoms with Crippen LogP contribution in [0.4, 0.5) is 5.95 Å². The van der Waals surface area contributed by atoms with Crippen LogP contribution >= 0.6 is 0 Å². The molecule has 0 fully saturated rings. The molecule has 4 aromatic rings. The van der Waals surface area contributed by atoms with E-state index >= 15 is 0 Å². The molecule has 7 nitrogen and oxygen atoms in total. The topological polar surface area (TPSA) is 85.5 Å². The van der Waals surface area contributed by atoms with Crippen LogP contribution in [0.2, 0.25) is 0 Å². The number of rotatable bonds is 1. The van der Waals surface area contributed by atoms with Crippen LogP contribution in [0.1, 0.15) is 17.6 Å². The lowest BCUT2D eigenvalue weighted by atomic mass is 10.2. The second-order valence-electron chi connectivity index (χ2n) is 5.82. The molecule has 1 aromatic carbocycles. The number of imidazole rings is 2. The third kappa shape index (κ3) is 1.69. The molecule has 0 saturated carbocycles. The number of hydrogen-bond donors (Lipinski definition) is 2. The Balaban J connectivity index is 1.85. The number of fused-ring (bicyclic) bond motifs is 4. The molecule has 1 atom stereocenters. The van der Waals surface area contributed by atoms with Gasteiger partial charge >= 0.3 is 0 Å². The predicted molar refractivity (Wildman–Crippen MR) is 93.0 cm³/mol. The van der Waals surface area contributed by atoms with E-state index in [1.54, 1.807) is 0 Å². The van der Waals surface area contributed by atoms with Gasteiger partial charge in [-0.2, -0.15) is 0 Å². The number of aryl methyl sites for hydroxylation is 1. The second kappa shape index (κ2) is 4.58. The highest BCUT2D eigenvalue weighted by Crippen LogP contribution is 2.33. The monoisotopic (exact) mass is 317 g/mol. The molecule has 24 heavy (non-hydrogen) atoms. The van der Waals surface area contributed by atoms with Crippen molar-refractivity contribution < 1.29 is 0 Å². The molecule has 0 amide bonds. The maximum absolute atomic E-state index is 6.02. The fraction of sp³-hybridized carbons (Fsp3) is 0.118. The second-order valence-corrected chi connectivity index (χ2v) is 5.82. The minimum atomic E-state index is -0.314. The van der Waals surface area contributed by atoms with E-state index in [4.69, 9.17) is 5.73 Å². The van der Waals surface area contributed by atoms with Gasteiger partial charge in [0.05, 0.1) is 22.4 Å². The van der Waals surface area contributed by atoms with E-state index in [1.807, 2.05) is 55.6 Å².